The number of benzene rings is 9. The van der Waals surface area contributed by atoms with Crippen molar-refractivity contribution in [1.29, 1.82) is 0 Å². The summed E-state index contributed by atoms with van der Waals surface area (Å²) in [6.07, 6.45) is 0. The van der Waals surface area contributed by atoms with Crippen molar-refractivity contribution in [3.63, 3.8) is 0 Å². The van der Waals surface area contributed by atoms with Gasteiger partial charge in [-0.25, -0.2) is 0 Å². The first-order chi connectivity index (χ1) is 26.2. The molecule has 0 unspecified atom stereocenters. The van der Waals surface area contributed by atoms with Crippen molar-refractivity contribution in [3.8, 4) is 44.5 Å². The average Bonchev–Trinajstić information content (AvgIpc) is 3.23. The first-order valence-electron chi connectivity index (χ1n) is 18.2. The normalized spacial score (nSPS) is 11.2. The third-order valence-electron chi connectivity index (χ3n) is 10.3. The molecule has 9 aromatic rings. The van der Waals surface area contributed by atoms with Gasteiger partial charge in [-0.2, -0.15) is 0 Å². The van der Waals surface area contributed by atoms with E-state index in [1.165, 1.54) is 71.6 Å². The van der Waals surface area contributed by atoms with Crippen molar-refractivity contribution in [1.82, 2.24) is 0 Å². The van der Waals surface area contributed by atoms with Gasteiger partial charge in [0, 0.05) is 12.2 Å². The molecule has 0 amide bonds. The number of nitrogen functional groups attached to an aromatic ring is 1. The predicted molar refractivity (Wildman–Crippen MR) is 226 cm³/mol. The summed E-state index contributed by atoms with van der Waals surface area (Å²) in [7, 11) is 0. The zero-order chi connectivity index (χ0) is 35.6. The van der Waals surface area contributed by atoms with Crippen LogP contribution >= 0.6 is 0 Å². The molecule has 2 heteroatoms. The van der Waals surface area contributed by atoms with E-state index in [0.717, 1.165) is 17.1 Å². The van der Waals surface area contributed by atoms with E-state index in [1.807, 2.05) is 12.1 Å². The fourth-order valence-electron chi connectivity index (χ4n) is 7.78. The van der Waals surface area contributed by atoms with Gasteiger partial charge in [0.05, 0.1) is 11.4 Å². The van der Waals surface area contributed by atoms with E-state index in [4.69, 9.17) is 5.73 Å². The molecule has 9 rings (SSSR count). The molecule has 252 valence electrons. The maximum Gasteiger partial charge on any atom is 0.0647 e. The van der Waals surface area contributed by atoms with E-state index < -0.39 is 0 Å². The van der Waals surface area contributed by atoms with E-state index in [1.54, 1.807) is 0 Å². The van der Waals surface area contributed by atoms with Gasteiger partial charge in [-0.05, 0) is 95.9 Å². The van der Waals surface area contributed by atoms with E-state index in [2.05, 4.69) is 199 Å². The third kappa shape index (κ3) is 6.11. The van der Waals surface area contributed by atoms with Crippen molar-refractivity contribution < 1.29 is 0 Å². The molecular weight excluding hydrogens is 641 g/mol. The van der Waals surface area contributed by atoms with Crippen molar-refractivity contribution in [3.05, 3.63) is 212 Å². The Labute approximate surface area is 311 Å². The van der Waals surface area contributed by atoms with Crippen LogP contribution in [0.25, 0.3) is 66.1 Å². The fraction of sp³-hybridized carbons (Fsp3) is 0.0196. The zero-order valence-electron chi connectivity index (χ0n) is 29.4. The second-order valence-electron chi connectivity index (χ2n) is 13.5. The smallest absolute Gasteiger partial charge is 0.0647 e. The summed E-state index contributed by atoms with van der Waals surface area (Å²) in [6, 6.07) is 73.8. The third-order valence-corrected chi connectivity index (χ3v) is 10.3. The van der Waals surface area contributed by atoms with Gasteiger partial charge in [0.25, 0.3) is 0 Å². The van der Waals surface area contributed by atoms with Crippen LogP contribution in [0.4, 0.5) is 17.1 Å². The van der Waals surface area contributed by atoms with Crippen LogP contribution in [0.1, 0.15) is 5.56 Å². The zero-order valence-corrected chi connectivity index (χ0v) is 29.4. The van der Waals surface area contributed by atoms with E-state index in [9.17, 15) is 0 Å². The number of nitrogens with zero attached hydrogens (tertiary/aromatic N) is 1. The summed E-state index contributed by atoms with van der Waals surface area (Å²) < 4.78 is 0. The summed E-state index contributed by atoms with van der Waals surface area (Å²) in [5.74, 6) is 0. The van der Waals surface area contributed by atoms with Crippen LogP contribution in [0, 0.1) is 0 Å². The first kappa shape index (κ1) is 32.0. The molecule has 0 aliphatic carbocycles. The maximum atomic E-state index is 6.56. The Morgan fingerprint density at radius 3 is 1.42 bits per heavy atom. The van der Waals surface area contributed by atoms with E-state index in [0.29, 0.717) is 6.54 Å². The van der Waals surface area contributed by atoms with Gasteiger partial charge in [-0.15, -0.1) is 0 Å². The molecule has 0 aromatic heterocycles. The maximum absolute atomic E-state index is 6.56. The molecule has 0 fully saturated rings. The van der Waals surface area contributed by atoms with Gasteiger partial charge in [0.2, 0.25) is 0 Å². The largest absolute Gasteiger partial charge is 0.397 e. The lowest BCUT2D eigenvalue weighted by Crippen LogP contribution is -2.17. The second-order valence-corrected chi connectivity index (χ2v) is 13.5. The Bertz CT molecular complexity index is 2620. The topological polar surface area (TPSA) is 29.3 Å². The van der Waals surface area contributed by atoms with Gasteiger partial charge in [-0.3, -0.25) is 0 Å². The highest BCUT2D eigenvalue weighted by molar-refractivity contribution is 6.22. The number of hydrogen-bond donors (Lipinski definition) is 1. The van der Waals surface area contributed by atoms with E-state index in [-0.39, 0.29) is 0 Å². The average molecular weight is 679 g/mol. The van der Waals surface area contributed by atoms with Crippen molar-refractivity contribution in [2.45, 2.75) is 6.54 Å². The quantitative estimate of drug-likeness (QED) is 0.128. The minimum atomic E-state index is 0.712. The van der Waals surface area contributed by atoms with Crippen LogP contribution < -0.4 is 10.6 Å². The summed E-state index contributed by atoms with van der Waals surface area (Å²) >= 11 is 0. The lowest BCUT2D eigenvalue weighted by atomic mass is 9.83. The molecule has 0 spiro atoms. The van der Waals surface area contributed by atoms with Crippen LogP contribution in [-0.4, -0.2) is 0 Å². The Morgan fingerprint density at radius 2 is 0.792 bits per heavy atom. The van der Waals surface area contributed by atoms with Crippen molar-refractivity contribution in [2.75, 3.05) is 10.6 Å². The molecule has 0 aliphatic rings. The highest BCUT2D eigenvalue weighted by Crippen LogP contribution is 2.46. The molecule has 0 bridgehead atoms. The molecule has 2 nitrogen and oxygen atoms in total. The summed E-state index contributed by atoms with van der Waals surface area (Å²) in [4.78, 5) is 2.30. The predicted octanol–water partition coefficient (Wildman–Crippen LogP) is 13.6. The van der Waals surface area contributed by atoms with Gasteiger partial charge in [0.1, 0.15) is 0 Å². The summed E-state index contributed by atoms with van der Waals surface area (Å²) in [6.45, 7) is 0.712. The van der Waals surface area contributed by atoms with Gasteiger partial charge in [0.15, 0.2) is 0 Å². The molecule has 2 N–H and O–H groups in total. The van der Waals surface area contributed by atoms with Crippen molar-refractivity contribution in [2.24, 2.45) is 0 Å². The van der Waals surface area contributed by atoms with Crippen LogP contribution in [-0.2, 0) is 6.54 Å². The Balaban J connectivity index is 1.18. The molecule has 0 radical (unpaired) electrons. The molecule has 0 atom stereocenters. The van der Waals surface area contributed by atoms with Gasteiger partial charge in [-0.1, -0.05) is 182 Å². The monoisotopic (exact) mass is 678 g/mol. The Hall–Kier alpha value is -6.90. The molecule has 0 heterocycles. The second kappa shape index (κ2) is 14.0. The summed E-state index contributed by atoms with van der Waals surface area (Å²) in [5.41, 5.74) is 20.4. The van der Waals surface area contributed by atoms with Crippen LogP contribution in [0.3, 0.4) is 0 Å². The summed E-state index contributed by atoms with van der Waals surface area (Å²) in [5, 5.41) is 4.94. The van der Waals surface area contributed by atoms with Crippen LogP contribution in [0.15, 0.2) is 206 Å². The fourth-order valence-corrected chi connectivity index (χ4v) is 7.78. The minimum absolute atomic E-state index is 0.712. The number of nitrogens with two attached hydrogens (primary N) is 1. The molecule has 9 aromatic carbocycles. The number of fused-ring (bicyclic) bond motifs is 2. The van der Waals surface area contributed by atoms with Crippen LogP contribution in [0.2, 0.25) is 0 Å². The lowest BCUT2D eigenvalue weighted by Gasteiger charge is -2.27. The highest BCUT2D eigenvalue weighted by atomic mass is 15.1. The van der Waals surface area contributed by atoms with Gasteiger partial charge >= 0.3 is 0 Å². The number of hydrogen-bond acceptors (Lipinski definition) is 2. The molecule has 0 saturated carbocycles. The SMILES string of the molecule is Nc1ccccc1N(Cc1ccccc1)c1ccc(-c2c3ccccc3c(-c3ccccc3-c3ccc(-c4ccccc4)cc3)c3ccccc23)cc1. The molecule has 53 heavy (non-hydrogen) atoms. The molecule has 0 saturated heterocycles. The number of anilines is 3. The van der Waals surface area contributed by atoms with Gasteiger partial charge < -0.3 is 10.6 Å². The standard InChI is InChI=1S/C51H38N2/c52-48-25-13-14-26-49(48)53(35-36-15-3-1-4-16-36)41-33-31-40(32-34-41)50-44-21-9-11-23-46(44)51(47-24-12-10-22-45(47)50)43-20-8-7-19-42(43)39-29-27-38(28-30-39)37-17-5-2-6-18-37/h1-34H,35,52H2. The van der Waals surface area contributed by atoms with E-state index >= 15 is 0 Å². The van der Waals surface area contributed by atoms with Crippen molar-refractivity contribution >= 4 is 38.6 Å². The first-order valence-corrected chi connectivity index (χ1v) is 18.2. The number of rotatable bonds is 8. The number of para-hydroxylation sites is 2. The Morgan fingerprint density at radius 1 is 0.340 bits per heavy atom. The lowest BCUT2D eigenvalue weighted by molar-refractivity contribution is 0.977. The highest BCUT2D eigenvalue weighted by Gasteiger charge is 2.20. The molecular formula is C51H38N2. The minimum Gasteiger partial charge on any atom is -0.397 e. The molecule has 0 aliphatic heterocycles. The van der Waals surface area contributed by atoms with Crippen LogP contribution in [0.5, 0.6) is 0 Å². The Kier molecular flexibility index (Phi) is 8.47.